The van der Waals surface area contributed by atoms with Gasteiger partial charge in [-0.3, -0.25) is 9.69 Å². The van der Waals surface area contributed by atoms with E-state index in [2.05, 4.69) is 22.1 Å². The van der Waals surface area contributed by atoms with E-state index in [4.69, 9.17) is 4.74 Å². The fourth-order valence-electron chi connectivity index (χ4n) is 5.25. The van der Waals surface area contributed by atoms with Gasteiger partial charge in [0.05, 0.1) is 6.54 Å². The van der Waals surface area contributed by atoms with E-state index in [1.807, 2.05) is 31.2 Å². The van der Waals surface area contributed by atoms with Crippen molar-refractivity contribution in [3.63, 3.8) is 0 Å². The number of esters is 1. The highest BCUT2D eigenvalue weighted by Crippen LogP contribution is 2.45. The van der Waals surface area contributed by atoms with Gasteiger partial charge in [-0.1, -0.05) is 18.1 Å². The Balaban J connectivity index is 1.60. The van der Waals surface area contributed by atoms with Crippen molar-refractivity contribution in [3.05, 3.63) is 35.4 Å². The van der Waals surface area contributed by atoms with Crippen LogP contribution in [0, 0.1) is 24.7 Å². The highest BCUT2D eigenvalue weighted by molar-refractivity contribution is 5.73. The van der Waals surface area contributed by atoms with Crippen LogP contribution in [0.5, 0.6) is 0 Å². The Hall–Kier alpha value is -2.56. The maximum absolute atomic E-state index is 13.0. The third-order valence-electron chi connectivity index (χ3n) is 6.73. The number of benzene rings is 1. The first-order valence-electron chi connectivity index (χ1n) is 11.2. The van der Waals surface area contributed by atoms with Crippen molar-refractivity contribution in [1.29, 1.82) is 0 Å². The van der Waals surface area contributed by atoms with Gasteiger partial charge in [-0.15, -0.1) is 0 Å². The second kappa shape index (κ2) is 9.29. The molecular weight excluding hydrogens is 394 g/mol. The molecule has 2 saturated heterocycles. The average Bonchev–Trinajstić information content (AvgIpc) is 3.19. The molecule has 31 heavy (non-hydrogen) atoms. The molecule has 3 fully saturated rings. The predicted octanol–water partition coefficient (Wildman–Crippen LogP) is 2.09. The minimum Gasteiger partial charge on any atom is -0.465 e. The first kappa shape index (κ1) is 21.7. The van der Waals surface area contributed by atoms with Crippen molar-refractivity contribution in [2.24, 2.45) is 5.92 Å². The maximum Gasteiger partial charge on any atom is 0.407 e. The number of carbonyl (C=O) groups excluding carboxylic acids is 1. The lowest BCUT2D eigenvalue weighted by atomic mass is 9.72. The minimum absolute atomic E-state index is 0.0957. The highest BCUT2D eigenvalue weighted by Gasteiger charge is 2.53. The Morgan fingerprint density at radius 2 is 2.06 bits per heavy atom. The summed E-state index contributed by atoms with van der Waals surface area (Å²) in [7, 11) is 0. The number of hydrogen-bond donors (Lipinski definition) is 2. The Kier molecular flexibility index (Phi) is 6.49. The van der Waals surface area contributed by atoms with Gasteiger partial charge in [-0.25, -0.2) is 4.79 Å². The summed E-state index contributed by atoms with van der Waals surface area (Å²) < 4.78 is 6.18. The molecule has 3 aliphatic rings. The van der Waals surface area contributed by atoms with Gasteiger partial charge in [-0.2, -0.15) is 0 Å². The minimum atomic E-state index is -0.942. The summed E-state index contributed by atoms with van der Waals surface area (Å²) >= 11 is 0. The van der Waals surface area contributed by atoms with Crippen LogP contribution in [0.1, 0.15) is 36.8 Å². The van der Waals surface area contributed by atoms with Crippen LogP contribution in [0.15, 0.2) is 24.3 Å². The molecule has 2 N–H and O–H groups in total. The number of ether oxygens (including phenoxy) is 1. The highest BCUT2D eigenvalue weighted by atomic mass is 16.6. The van der Waals surface area contributed by atoms with Crippen LogP contribution in [0.4, 0.5) is 4.79 Å². The van der Waals surface area contributed by atoms with Crippen molar-refractivity contribution in [2.45, 2.75) is 44.2 Å². The third kappa shape index (κ3) is 4.86. The van der Waals surface area contributed by atoms with Crippen molar-refractivity contribution in [1.82, 2.24) is 15.1 Å². The third-order valence-corrected chi connectivity index (χ3v) is 6.73. The monoisotopic (exact) mass is 425 g/mol. The van der Waals surface area contributed by atoms with Gasteiger partial charge >= 0.3 is 12.1 Å². The van der Waals surface area contributed by atoms with E-state index in [-0.39, 0.29) is 24.5 Å². The van der Waals surface area contributed by atoms with Crippen molar-refractivity contribution in [2.75, 3.05) is 39.3 Å². The summed E-state index contributed by atoms with van der Waals surface area (Å²) in [4.78, 5) is 28.3. The molecule has 1 amide bonds. The molecule has 3 unspecified atom stereocenters. The van der Waals surface area contributed by atoms with E-state index in [0.717, 1.165) is 50.1 Å². The Bertz CT molecular complexity index is 886. The largest absolute Gasteiger partial charge is 0.465 e. The van der Waals surface area contributed by atoms with E-state index >= 15 is 0 Å². The maximum atomic E-state index is 13.0. The van der Waals surface area contributed by atoms with Gasteiger partial charge in [0.15, 0.2) is 5.60 Å². The summed E-state index contributed by atoms with van der Waals surface area (Å²) in [6.45, 7) is 6.09. The molecule has 1 aliphatic carbocycles. The zero-order valence-corrected chi connectivity index (χ0v) is 18.1. The predicted molar refractivity (Wildman–Crippen MR) is 117 cm³/mol. The van der Waals surface area contributed by atoms with E-state index in [1.165, 1.54) is 4.90 Å². The number of aryl methyl sites for hydroxylation is 1. The quantitative estimate of drug-likeness (QED) is 0.570. The summed E-state index contributed by atoms with van der Waals surface area (Å²) in [5, 5.41) is 12.9. The second-order valence-corrected chi connectivity index (χ2v) is 8.84. The van der Waals surface area contributed by atoms with Gasteiger partial charge in [0.2, 0.25) is 0 Å². The van der Waals surface area contributed by atoms with Crippen molar-refractivity contribution >= 4 is 12.1 Å². The molecule has 7 heteroatoms. The molecule has 3 atom stereocenters. The van der Waals surface area contributed by atoms with E-state index in [1.54, 1.807) is 0 Å². The summed E-state index contributed by atoms with van der Waals surface area (Å²) in [6.07, 6.45) is 1.99. The molecule has 1 aromatic carbocycles. The second-order valence-electron chi connectivity index (χ2n) is 8.84. The van der Waals surface area contributed by atoms with Gasteiger partial charge in [0.1, 0.15) is 0 Å². The number of carboxylic acid groups (broad SMARTS) is 1. The number of amides is 1. The van der Waals surface area contributed by atoms with Crippen LogP contribution >= 0.6 is 0 Å². The lowest BCUT2D eigenvalue weighted by Crippen LogP contribution is -2.53. The molecule has 166 valence electrons. The summed E-state index contributed by atoms with van der Waals surface area (Å²) in [6, 6.07) is 7.81. The summed E-state index contributed by atoms with van der Waals surface area (Å²) in [5.74, 6) is 6.21. The van der Waals surface area contributed by atoms with Crippen LogP contribution in [0.25, 0.3) is 0 Å². The van der Waals surface area contributed by atoms with Crippen LogP contribution in [0.3, 0.4) is 0 Å². The number of hydrogen-bond acceptors (Lipinski definition) is 5. The normalized spacial score (nSPS) is 28.4. The first-order chi connectivity index (χ1) is 15.0. The number of carbonyl (C=O) groups is 2. The smallest absolute Gasteiger partial charge is 0.407 e. The number of likely N-dealkylation sites (tertiary alicyclic amines) is 1. The SMILES string of the molecule is Cc1cccc(C#CC2(OC(=O)CN3CCNCC3)CCCC3C2CCN3C(=O)O)c1. The van der Waals surface area contributed by atoms with Crippen LogP contribution in [-0.4, -0.2) is 77.9 Å². The number of nitrogens with one attached hydrogen (secondary N) is 1. The van der Waals surface area contributed by atoms with Gasteiger partial charge in [-0.05, 0) is 56.2 Å². The zero-order valence-electron chi connectivity index (χ0n) is 18.1. The number of piperazine rings is 1. The number of nitrogens with zero attached hydrogens (tertiary/aromatic N) is 2. The lowest BCUT2D eigenvalue weighted by Gasteiger charge is -2.42. The number of fused-ring (bicyclic) bond motifs is 1. The van der Waals surface area contributed by atoms with Gasteiger partial charge in [0.25, 0.3) is 0 Å². The molecule has 1 saturated carbocycles. The molecule has 2 aliphatic heterocycles. The topological polar surface area (TPSA) is 82.1 Å². The molecule has 4 rings (SSSR count). The molecule has 0 radical (unpaired) electrons. The molecule has 1 aromatic rings. The Morgan fingerprint density at radius 1 is 1.26 bits per heavy atom. The fourth-order valence-corrected chi connectivity index (χ4v) is 5.25. The molecule has 2 heterocycles. The van der Waals surface area contributed by atoms with Crippen molar-refractivity contribution in [3.8, 4) is 11.8 Å². The van der Waals surface area contributed by atoms with Crippen LogP contribution in [-0.2, 0) is 9.53 Å². The van der Waals surface area contributed by atoms with E-state index in [9.17, 15) is 14.7 Å². The van der Waals surface area contributed by atoms with E-state index in [0.29, 0.717) is 19.4 Å². The van der Waals surface area contributed by atoms with E-state index < -0.39 is 11.7 Å². The number of rotatable bonds is 3. The molecule has 7 nitrogen and oxygen atoms in total. The molecule has 0 spiro atoms. The first-order valence-corrected chi connectivity index (χ1v) is 11.2. The molecule has 0 aromatic heterocycles. The van der Waals surface area contributed by atoms with Crippen LogP contribution < -0.4 is 5.32 Å². The molecular formula is C24H31N3O4. The van der Waals surface area contributed by atoms with Crippen LogP contribution in [0.2, 0.25) is 0 Å². The van der Waals surface area contributed by atoms with Gasteiger partial charge < -0.3 is 20.1 Å². The zero-order chi connectivity index (χ0) is 21.8. The Morgan fingerprint density at radius 3 is 2.81 bits per heavy atom. The average molecular weight is 426 g/mol. The standard InChI is InChI=1S/C24H31N3O4/c1-18-4-2-5-19(16-18)7-10-24(31-22(28)17-26-14-11-25-12-15-26)9-3-6-21-20(24)8-13-27(21)23(29)30/h2,4-5,16,20-21,25H,3,6,8-9,11-15,17H2,1H3,(H,29,30). The summed E-state index contributed by atoms with van der Waals surface area (Å²) in [5.41, 5.74) is 1.06. The fraction of sp³-hybridized carbons (Fsp3) is 0.583. The molecule has 0 bridgehead atoms. The van der Waals surface area contributed by atoms with Gasteiger partial charge in [0, 0.05) is 50.2 Å². The van der Waals surface area contributed by atoms with Crippen molar-refractivity contribution < 1.29 is 19.4 Å². The lowest BCUT2D eigenvalue weighted by molar-refractivity contribution is -0.164. The Labute approximate surface area is 183 Å².